The zero-order valence-electron chi connectivity index (χ0n) is 84.0. The van der Waals surface area contributed by atoms with Gasteiger partial charge in [-0.15, -0.1) is 0 Å². The molecule has 0 saturated carbocycles. The third-order valence-corrected chi connectivity index (χ3v) is 25.0. The highest BCUT2D eigenvalue weighted by Gasteiger charge is 2.43. The number of fused-ring (bicyclic) bond motifs is 1. The normalized spacial score (nSPS) is 16.6. The van der Waals surface area contributed by atoms with E-state index in [1.165, 1.54) is 21.6 Å². The number of nitrogens with zero attached hydrogens (tertiary/aromatic N) is 3. The largest absolute Gasteiger partial charge is 0.480 e. The lowest BCUT2D eigenvalue weighted by molar-refractivity contribution is -0.150. The van der Waals surface area contributed by atoms with Crippen molar-refractivity contribution >= 4 is 118 Å². The summed E-state index contributed by atoms with van der Waals surface area (Å²) in [6.45, 7) is 10.9. The molecule has 25 N–H and O–H groups in total. The van der Waals surface area contributed by atoms with Crippen LogP contribution in [0.1, 0.15) is 217 Å². The van der Waals surface area contributed by atoms with Gasteiger partial charge in [0.05, 0.1) is 25.3 Å². The van der Waals surface area contributed by atoms with Crippen molar-refractivity contribution in [3.63, 3.8) is 0 Å². The van der Waals surface area contributed by atoms with Crippen molar-refractivity contribution in [1.29, 1.82) is 0 Å². The zero-order valence-corrected chi connectivity index (χ0v) is 84.0. The minimum absolute atomic E-state index is 0.0378. The number of H-pyrrole nitrogens is 1. The number of aliphatic carboxylic acids is 3. The monoisotopic (exact) mass is 2030 g/mol. The van der Waals surface area contributed by atoms with E-state index in [4.69, 9.17) is 26.7 Å². The van der Waals surface area contributed by atoms with Gasteiger partial charge in [-0.1, -0.05) is 78.9 Å². The summed E-state index contributed by atoms with van der Waals surface area (Å²) < 4.78 is 10.6. The topological polar surface area (TPSA) is 670 Å². The molecule has 4 fully saturated rings. The Morgan fingerprint density at radius 3 is 1.17 bits per heavy atom. The molecule has 8 rings (SSSR count). The second-order valence-corrected chi connectivity index (χ2v) is 36.0. The Kier molecular flexibility index (Phi) is 57.9. The molecule has 0 bridgehead atoms. The molecule has 0 aliphatic carbocycles. The second kappa shape index (κ2) is 69.4. The molecule has 11 atom stereocenters. The third kappa shape index (κ3) is 46.1. The fraction of sp³-hybridized carbons (Fsp3) is 0.620. The van der Waals surface area contributed by atoms with Crippen LogP contribution in [0.2, 0.25) is 0 Å². The third-order valence-electron chi connectivity index (χ3n) is 25.0. The van der Waals surface area contributed by atoms with Crippen LogP contribution in [0.4, 0.5) is 0 Å². The number of rotatable bonds is 67. The highest BCUT2D eigenvalue weighted by Crippen LogP contribution is 2.26. The maximum Gasteiger partial charge on any atom is 0.326 e. The van der Waals surface area contributed by atoms with Crippen molar-refractivity contribution in [2.75, 3.05) is 112 Å². The van der Waals surface area contributed by atoms with Gasteiger partial charge in [-0.2, -0.15) is 0 Å². The van der Waals surface area contributed by atoms with Gasteiger partial charge in [-0.25, -0.2) is 14.4 Å². The summed E-state index contributed by atoms with van der Waals surface area (Å²) in [4.78, 5) is 234. The molecule has 4 aliphatic rings. The Bertz CT molecular complexity index is 4730. The molecule has 4 aliphatic heterocycles. The van der Waals surface area contributed by atoms with E-state index in [2.05, 4.69) is 84.7 Å². The molecule has 145 heavy (non-hydrogen) atoms. The average molecular weight is 2030 g/mol. The summed E-state index contributed by atoms with van der Waals surface area (Å²) in [5.74, 6) is -8.54. The summed E-state index contributed by atoms with van der Waals surface area (Å²) in [7, 11) is 0. The maximum absolute atomic E-state index is 13.9. The van der Waals surface area contributed by atoms with Crippen molar-refractivity contribution in [3.05, 3.63) is 108 Å². The quantitative estimate of drug-likeness (QED) is 0.0156. The van der Waals surface area contributed by atoms with Crippen LogP contribution in [0.25, 0.3) is 10.9 Å². The molecule has 4 saturated heterocycles. The molecular weight excluding hydrogens is 1880 g/mol. The fourth-order valence-corrected chi connectivity index (χ4v) is 17.2. The number of carboxylic acids is 3. The number of esters is 2. The van der Waals surface area contributed by atoms with Gasteiger partial charge in [0.25, 0.3) is 0 Å². The van der Waals surface area contributed by atoms with E-state index >= 15 is 0 Å². The van der Waals surface area contributed by atoms with Crippen molar-refractivity contribution < 1.29 is 111 Å². The van der Waals surface area contributed by atoms with E-state index in [0.29, 0.717) is 226 Å². The van der Waals surface area contributed by atoms with Gasteiger partial charge >= 0.3 is 29.8 Å². The lowest BCUT2D eigenvalue weighted by Crippen LogP contribution is -2.58. The lowest BCUT2D eigenvalue weighted by Gasteiger charge is -2.30. The van der Waals surface area contributed by atoms with E-state index in [9.17, 15) is 102 Å². The summed E-state index contributed by atoms with van der Waals surface area (Å²) in [5.41, 5.74) is 19.7. The van der Waals surface area contributed by atoms with Gasteiger partial charge in [-0.3, -0.25) is 82.6 Å². The summed E-state index contributed by atoms with van der Waals surface area (Å²) >= 11 is 0. The number of ether oxygens (including phenoxy) is 2. The van der Waals surface area contributed by atoms with Crippen LogP contribution in [0, 0.1) is 0 Å². The Balaban J connectivity index is 0.000000334. The number of aromatic amines is 1. The Labute approximate surface area is 847 Å². The van der Waals surface area contributed by atoms with Crippen molar-refractivity contribution in [2.24, 2.45) is 17.2 Å². The van der Waals surface area contributed by atoms with Crippen LogP contribution < -0.4 is 97.0 Å². The van der Waals surface area contributed by atoms with Crippen LogP contribution in [0.15, 0.2) is 91.1 Å². The number of hydrogen-bond acceptors (Lipinski definition) is 28. The Hall–Kier alpha value is -12.7. The molecule has 804 valence electrons. The molecule has 3 aromatic carbocycles. The van der Waals surface area contributed by atoms with Crippen LogP contribution >= 0.6 is 0 Å². The summed E-state index contributed by atoms with van der Waals surface area (Å²) in [6, 6.07) is 16.8. The predicted octanol–water partition coefficient (Wildman–Crippen LogP) is -0.0553. The molecule has 13 amide bonds. The molecule has 4 aromatic rings. The molecular formula is C100H156N22O23. The van der Waals surface area contributed by atoms with Crippen molar-refractivity contribution in [2.45, 2.75) is 286 Å². The second-order valence-electron chi connectivity index (χ2n) is 36.0. The van der Waals surface area contributed by atoms with E-state index in [-0.39, 0.29) is 138 Å². The van der Waals surface area contributed by atoms with Gasteiger partial charge in [-0.05, 0) is 211 Å². The predicted molar refractivity (Wildman–Crippen MR) is 538 cm³/mol. The highest BCUT2D eigenvalue weighted by molar-refractivity contribution is 5.98. The number of nitrogens with one attached hydrogen (secondary N) is 16. The molecule has 1 aromatic heterocycles. The number of aromatic nitrogens is 1. The standard InChI is InChI=1S/C35H51N9O8.C34H55N7O8.C31H50N6O7/c1-21(34(50)44-17-7-11-28(44)35(51)52)40-33(49)27(18-22-19-39-24-9-3-2-8-23(22)24)43-31(47)25(42-32(48)26-13-14-30(46)41-26)10-4-5-16-38-29(45)12-6-15-37-20-36;1-2-49-34(48)27(16-15-25-10-4-3-5-11-25)40-26(32(45)41-23-9-13-28(41)33(46)47)12-6-7-20-37-30(43)17-22-39-31(44)18-21-38-29(42)14-8-19-36-24-35;1-2-44-31(43)25(16-15-23-10-4-3-5-11-23)36-24(29(40)37-21-9-13-26(37)30(41)42)12-6-7-19-34-28(39)17-20-35-27(38)14-8-18-33-22-32/h2-3,8-9,19,21,25-28,37,39H,4-7,10-18,20,36H2,1H3,(H,38,45)(H,40,49)(H,41,46)(H,42,48)(H,43,47)(H,51,52);3-5,10-11,26-28,36,40H,2,6-9,12-24,35H2,1H3,(H,37,43)(H,38,42)(H,39,44)(H,46,47);3-5,10-11,24-26,33,36H,2,6-9,12-22,32H2,1H3,(H,34,39)(H,35,38)(H,41,42)/t;26-,27?,28?;24-,25?,26?/m.00/s1. The number of carbonyl (C=O) groups is 18. The first-order valence-corrected chi connectivity index (χ1v) is 51.0. The number of nitrogens with two attached hydrogens (primary N) is 3. The number of carbonyl (C=O) groups excluding carboxylic acids is 15. The minimum Gasteiger partial charge on any atom is -0.480 e. The van der Waals surface area contributed by atoms with Gasteiger partial charge < -0.3 is 131 Å². The molecule has 0 radical (unpaired) electrons. The van der Waals surface area contributed by atoms with E-state index in [1.54, 1.807) is 20.0 Å². The summed E-state index contributed by atoms with van der Waals surface area (Å²) in [5, 5.41) is 72.3. The van der Waals surface area contributed by atoms with Crippen LogP contribution in [-0.4, -0.2) is 320 Å². The number of hydrogen-bond donors (Lipinski definition) is 22. The number of unbranched alkanes of at least 4 members (excludes halogenated alkanes) is 3. The fourth-order valence-electron chi connectivity index (χ4n) is 17.2. The number of likely N-dealkylation sites (tertiary alicyclic amines) is 3. The number of aryl methyl sites for hydroxylation is 2. The first-order valence-electron chi connectivity index (χ1n) is 51.0. The van der Waals surface area contributed by atoms with E-state index in [1.807, 2.05) is 84.9 Å². The van der Waals surface area contributed by atoms with Gasteiger partial charge in [0.2, 0.25) is 76.8 Å². The minimum atomic E-state index is -1.19. The Morgan fingerprint density at radius 2 is 0.779 bits per heavy atom. The highest BCUT2D eigenvalue weighted by atomic mass is 16.5. The first-order chi connectivity index (χ1) is 69.9. The van der Waals surface area contributed by atoms with Crippen LogP contribution in [0.5, 0.6) is 0 Å². The molecule has 9 unspecified atom stereocenters. The lowest BCUT2D eigenvalue weighted by atomic mass is 10.0. The molecule has 0 spiro atoms. The van der Waals surface area contributed by atoms with Crippen molar-refractivity contribution in [1.82, 2.24) is 99.4 Å². The smallest absolute Gasteiger partial charge is 0.326 e. The number of carboxylic acid groups (broad SMARTS) is 3. The van der Waals surface area contributed by atoms with Crippen LogP contribution in [-0.2, 0) is 115 Å². The number of amides is 13. The molecule has 45 heteroatoms. The van der Waals surface area contributed by atoms with E-state index in [0.717, 1.165) is 27.6 Å². The van der Waals surface area contributed by atoms with Crippen molar-refractivity contribution in [3.8, 4) is 0 Å². The zero-order chi connectivity index (χ0) is 106. The first kappa shape index (κ1) is 121. The average Bonchev–Trinajstić information content (AvgIpc) is 1.71. The van der Waals surface area contributed by atoms with Gasteiger partial charge in [0.15, 0.2) is 0 Å². The maximum atomic E-state index is 13.9. The summed E-state index contributed by atoms with van der Waals surface area (Å²) in [6.07, 6.45) is 14.4. The molecule has 45 nitrogen and oxygen atoms in total. The van der Waals surface area contributed by atoms with E-state index < -0.39 is 120 Å². The van der Waals surface area contributed by atoms with Gasteiger partial charge in [0, 0.05) is 147 Å². The van der Waals surface area contributed by atoms with Gasteiger partial charge in [0.1, 0.15) is 54.4 Å². The van der Waals surface area contributed by atoms with Crippen LogP contribution in [0.3, 0.4) is 0 Å². The SMILES string of the molecule is CC(NC(=O)C(Cc1c[nH]c2ccccc12)NC(=O)C(CCCCNC(=O)CCCNCN)NC(=O)C1CCC(=O)N1)C(=O)N1CCCC1C(=O)O.CCOC(=O)C(CCc1ccccc1)N[C@@H](CCCCNC(=O)CCNC(=O)CCCNCN)C(=O)N1CCCC1C(=O)O.CCOC(=O)C(CCc1ccccc1)N[C@@H](CCCCNC(=O)CCNC(=O)CCNC(=O)CCCNCN)C(=O)N1CCCC1C(=O)O. The number of benzene rings is 3. The number of para-hydroxylation sites is 1. The molecule has 5 heterocycles. The Morgan fingerprint density at radius 1 is 0.407 bits per heavy atom.